The molecule has 1 aliphatic carbocycles. The Morgan fingerprint density at radius 1 is 0.913 bits per heavy atom. The summed E-state index contributed by atoms with van der Waals surface area (Å²) in [7, 11) is 0. The van der Waals surface area contributed by atoms with Crippen LogP contribution in [-0.4, -0.2) is 22.9 Å². The van der Waals surface area contributed by atoms with E-state index in [1.165, 1.54) is 5.56 Å². The summed E-state index contributed by atoms with van der Waals surface area (Å²) in [5.41, 5.74) is 2.47. The summed E-state index contributed by atoms with van der Waals surface area (Å²) in [6.45, 7) is 0.127. The van der Waals surface area contributed by atoms with Gasteiger partial charge >= 0.3 is 0 Å². The van der Waals surface area contributed by atoms with Crippen molar-refractivity contribution in [2.45, 2.75) is 43.7 Å². The lowest BCUT2D eigenvalue weighted by Crippen LogP contribution is -2.37. The number of rotatable bonds is 5. The van der Waals surface area contributed by atoms with Crippen LogP contribution in [0.25, 0.3) is 0 Å². The number of phenolic OH excluding ortho intramolecular Hbond substituents is 1. The van der Waals surface area contributed by atoms with Crippen LogP contribution in [0.3, 0.4) is 0 Å². The Bertz CT molecular complexity index is 589. The van der Waals surface area contributed by atoms with Crippen molar-refractivity contribution in [1.29, 1.82) is 0 Å². The standard InChI is InChI=1S/C20H25NO2/c22-14-20(17-4-2-1-3-5-17)21-18-10-6-15(7-11-18)16-8-12-19(23)13-9-16/h1-5,8-9,12-13,15,18,20-23H,6-7,10-11,14H2. The van der Waals surface area contributed by atoms with Gasteiger partial charge in [-0.1, -0.05) is 42.5 Å². The minimum Gasteiger partial charge on any atom is -0.508 e. The molecule has 1 fully saturated rings. The van der Waals surface area contributed by atoms with Gasteiger partial charge in [-0.25, -0.2) is 0 Å². The molecule has 1 atom stereocenters. The molecule has 0 amide bonds. The highest BCUT2D eigenvalue weighted by Gasteiger charge is 2.24. The first kappa shape index (κ1) is 16.0. The molecule has 2 aromatic rings. The average Bonchev–Trinajstić information content (AvgIpc) is 2.62. The van der Waals surface area contributed by atoms with Crippen molar-refractivity contribution in [1.82, 2.24) is 5.32 Å². The quantitative estimate of drug-likeness (QED) is 0.788. The van der Waals surface area contributed by atoms with Gasteiger partial charge < -0.3 is 15.5 Å². The van der Waals surface area contributed by atoms with Crippen molar-refractivity contribution in [2.24, 2.45) is 0 Å². The second-order valence-corrected chi connectivity index (χ2v) is 6.45. The van der Waals surface area contributed by atoms with Crippen LogP contribution >= 0.6 is 0 Å². The Balaban J connectivity index is 1.55. The van der Waals surface area contributed by atoms with E-state index in [9.17, 15) is 10.2 Å². The van der Waals surface area contributed by atoms with E-state index in [1.807, 2.05) is 30.3 Å². The molecule has 23 heavy (non-hydrogen) atoms. The first-order valence-corrected chi connectivity index (χ1v) is 8.47. The summed E-state index contributed by atoms with van der Waals surface area (Å²) in [5, 5.41) is 22.7. The summed E-state index contributed by atoms with van der Waals surface area (Å²) >= 11 is 0. The molecule has 0 aromatic heterocycles. The lowest BCUT2D eigenvalue weighted by molar-refractivity contribution is 0.216. The van der Waals surface area contributed by atoms with Crippen molar-refractivity contribution >= 4 is 0 Å². The van der Waals surface area contributed by atoms with E-state index in [4.69, 9.17) is 0 Å². The summed E-state index contributed by atoms with van der Waals surface area (Å²) in [4.78, 5) is 0. The van der Waals surface area contributed by atoms with E-state index in [2.05, 4.69) is 17.4 Å². The van der Waals surface area contributed by atoms with Gasteiger partial charge in [0, 0.05) is 6.04 Å². The van der Waals surface area contributed by atoms with Crippen molar-refractivity contribution in [3.8, 4) is 5.75 Å². The molecule has 1 aliphatic rings. The van der Waals surface area contributed by atoms with Gasteiger partial charge in [0.2, 0.25) is 0 Å². The number of phenols is 1. The van der Waals surface area contributed by atoms with E-state index in [1.54, 1.807) is 12.1 Å². The maximum Gasteiger partial charge on any atom is 0.115 e. The highest BCUT2D eigenvalue weighted by atomic mass is 16.3. The van der Waals surface area contributed by atoms with Gasteiger partial charge in [-0.2, -0.15) is 0 Å². The van der Waals surface area contributed by atoms with Crippen LogP contribution in [0.5, 0.6) is 5.75 Å². The molecule has 3 heteroatoms. The third-order valence-corrected chi connectivity index (χ3v) is 4.91. The smallest absolute Gasteiger partial charge is 0.115 e. The molecule has 0 aliphatic heterocycles. The monoisotopic (exact) mass is 311 g/mol. The Kier molecular flexibility index (Phi) is 5.31. The van der Waals surface area contributed by atoms with Gasteiger partial charge in [-0.05, 0) is 54.9 Å². The number of aromatic hydroxyl groups is 1. The molecule has 1 saturated carbocycles. The predicted octanol–water partition coefficient (Wildman–Crippen LogP) is 3.74. The summed E-state index contributed by atoms with van der Waals surface area (Å²) in [6.07, 6.45) is 4.54. The van der Waals surface area contributed by atoms with Crippen molar-refractivity contribution in [2.75, 3.05) is 6.61 Å². The number of hydrogen-bond donors (Lipinski definition) is 3. The maximum atomic E-state index is 9.68. The number of nitrogens with one attached hydrogen (secondary N) is 1. The zero-order valence-electron chi connectivity index (χ0n) is 13.4. The lowest BCUT2D eigenvalue weighted by atomic mass is 9.81. The third kappa shape index (κ3) is 4.12. The van der Waals surface area contributed by atoms with Crippen LogP contribution in [0.4, 0.5) is 0 Å². The first-order chi connectivity index (χ1) is 11.3. The predicted molar refractivity (Wildman–Crippen MR) is 92.5 cm³/mol. The van der Waals surface area contributed by atoms with Crippen molar-refractivity contribution in [3.05, 3.63) is 65.7 Å². The molecule has 0 heterocycles. The average molecular weight is 311 g/mol. The molecule has 122 valence electrons. The van der Waals surface area contributed by atoms with Crippen molar-refractivity contribution < 1.29 is 10.2 Å². The lowest BCUT2D eigenvalue weighted by Gasteiger charge is -2.32. The summed E-state index contributed by atoms with van der Waals surface area (Å²) < 4.78 is 0. The van der Waals surface area contributed by atoms with Crippen molar-refractivity contribution in [3.63, 3.8) is 0 Å². The summed E-state index contributed by atoms with van der Waals surface area (Å²) in [5.74, 6) is 0.913. The Morgan fingerprint density at radius 2 is 1.57 bits per heavy atom. The molecule has 0 saturated heterocycles. The highest BCUT2D eigenvalue weighted by molar-refractivity contribution is 5.28. The maximum absolute atomic E-state index is 9.68. The number of aliphatic hydroxyl groups is 1. The van der Waals surface area contributed by atoms with Gasteiger partial charge in [0.1, 0.15) is 5.75 Å². The number of benzene rings is 2. The van der Waals surface area contributed by atoms with Crippen LogP contribution < -0.4 is 5.32 Å². The van der Waals surface area contributed by atoms with E-state index < -0.39 is 0 Å². The Hall–Kier alpha value is -1.84. The van der Waals surface area contributed by atoms with Gasteiger partial charge in [0.15, 0.2) is 0 Å². The molecule has 0 spiro atoms. The second kappa shape index (κ2) is 7.62. The van der Waals surface area contributed by atoms with Gasteiger partial charge in [0.25, 0.3) is 0 Å². The van der Waals surface area contributed by atoms with E-state index >= 15 is 0 Å². The Labute approximate surface area is 138 Å². The second-order valence-electron chi connectivity index (χ2n) is 6.45. The fourth-order valence-electron chi connectivity index (χ4n) is 3.56. The minimum atomic E-state index is 0.0198. The number of hydrogen-bond acceptors (Lipinski definition) is 3. The SMILES string of the molecule is OCC(NC1CCC(c2ccc(O)cc2)CC1)c1ccccc1. The van der Waals surface area contributed by atoms with Crippen LogP contribution in [0.1, 0.15) is 48.8 Å². The molecule has 2 aromatic carbocycles. The molecule has 3 N–H and O–H groups in total. The fourth-order valence-corrected chi connectivity index (χ4v) is 3.56. The molecular weight excluding hydrogens is 286 g/mol. The van der Waals surface area contributed by atoms with Crippen LogP contribution in [0, 0.1) is 0 Å². The molecular formula is C20H25NO2. The highest BCUT2D eigenvalue weighted by Crippen LogP contribution is 2.34. The van der Waals surface area contributed by atoms with E-state index in [-0.39, 0.29) is 12.6 Å². The van der Waals surface area contributed by atoms with Crippen LogP contribution in [-0.2, 0) is 0 Å². The molecule has 0 radical (unpaired) electrons. The molecule has 0 bridgehead atoms. The fraction of sp³-hybridized carbons (Fsp3) is 0.400. The largest absolute Gasteiger partial charge is 0.508 e. The summed E-state index contributed by atoms with van der Waals surface area (Å²) in [6, 6.07) is 18.3. The Morgan fingerprint density at radius 3 is 2.17 bits per heavy atom. The van der Waals surface area contributed by atoms with Crippen LogP contribution in [0.15, 0.2) is 54.6 Å². The molecule has 1 unspecified atom stereocenters. The topological polar surface area (TPSA) is 52.5 Å². The molecule has 3 nitrogen and oxygen atoms in total. The first-order valence-electron chi connectivity index (χ1n) is 8.47. The molecule has 3 rings (SSSR count). The zero-order valence-corrected chi connectivity index (χ0v) is 13.4. The van der Waals surface area contributed by atoms with Gasteiger partial charge in [-0.15, -0.1) is 0 Å². The van der Waals surface area contributed by atoms with Gasteiger partial charge in [0.05, 0.1) is 12.6 Å². The zero-order chi connectivity index (χ0) is 16.1. The minimum absolute atomic E-state index is 0.0198. The van der Waals surface area contributed by atoms with E-state index in [0.29, 0.717) is 17.7 Å². The number of aliphatic hydroxyl groups excluding tert-OH is 1. The van der Waals surface area contributed by atoms with E-state index in [0.717, 1.165) is 31.2 Å². The van der Waals surface area contributed by atoms with Gasteiger partial charge in [-0.3, -0.25) is 0 Å². The van der Waals surface area contributed by atoms with Crippen LogP contribution in [0.2, 0.25) is 0 Å². The normalized spacial score (nSPS) is 22.7. The third-order valence-electron chi connectivity index (χ3n) is 4.91.